The van der Waals surface area contributed by atoms with Crippen molar-refractivity contribution in [2.45, 2.75) is 31.1 Å². The second kappa shape index (κ2) is 5.65. The largest absolute Gasteiger partial charge is 0.507 e. The van der Waals surface area contributed by atoms with Crippen LogP contribution in [0.2, 0.25) is 0 Å². The highest BCUT2D eigenvalue weighted by molar-refractivity contribution is 7.89. The molecule has 0 atom stereocenters. The molecule has 1 aliphatic rings. The summed E-state index contributed by atoms with van der Waals surface area (Å²) in [5, 5.41) is 9.59. The molecule has 0 unspecified atom stereocenters. The number of esters is 1. The zero-order valence-electron chi connectivity index (χ0n) is 12.0. The van der Waals surface area contributed by atoms with Crippen molar-refractivity contribution in [3.63, 3.8) is 0 Å². The molecule has 0 spiro atoms. The van der Waals surface area contributed by atoms with Gasteiger partial charge in [-0.1, -0.05) is 13.3 Å². The number of hydrogen-bond donors (Lipinski definition) is 2. The lowest BCUT2D eigenvalue weighted by Crippen LogP contribution is -2.39. The van der Waals surface area contributed by atoms with Crippen molar-refractivity contribution >= 4 is 16.0 Å². The van der Waals surface area contributed by atoms with Crippen LogP contribution in [-0.4, -0.2) is 33.1 Å². The van der Waals surface area contributed by atoms with Crippen molar-refractivity contribution in [3.05, 3.63) is 23.8 Å². The standard InChI is InChI=1S/C14H19NO5S/c1-14(6-3-7-14)9-15-21(18,19)10-4-5-12(16)11(8-10)13(17)20-2/h4-5,8,15-16H,3,6-7,9H2,1-2H3. The van der Waals surface area contributed by atoms with Crippen LogP contribution in [0.5, 0.6) is 5.75 Å². The highest BCUT2D eigenvalue weighted by Crippen LogP contribution is 2.39. The van der Waals surface area contributed by atoms with Crippen molar-refractivity contribution in [3.8, 4) is 5.75 Å². The maximum Gasteiger partial charge on any atom is 0.341 e. The van der Waals surface area contributed by atoms with E-state index >= 15 is 0 Å². The summed E-state index contributed by atoms with van der Waals surface area (Å²) in [5.74, 6) is -1.10. The number of phenolic OH excluding ortho intramolecular Hbond substituents is 1. The van der Waals surface area contributed by atoms with E-state index in [0.717, 1.165) is 25.3 Å². The molecule has 6 nitrogen and oxygen atoms in total. The van der Waals surface area contributed by atoms with Crippen LogP contribution >= 0.6 is 0 Å². The summed E-state index contributed by atoms with van der Waals surface area (Å²) in [6, 6.07) is 3.55. The Morgan fingerprint density at radius 1 is 1.43 bits per heavy atom. The summed E-state index contributed by atoms with van der Waals surface area (Å²) in [7, 11) is -2.55. The first-order valence-electron chi connectivity index (χ1n) is 6.68. The minimum absolute atomic E-state index is 0.00910. The Bertz CT molecular complexity index is 649. The molecule has 0 radical (unpaired) electrons. The van der Waals surface area contributed by atoms with Crippen molar-refractivity contribution < 1.29 is 23.1 Å². The summed E-state index contributed by atoms with van der Waals surface area (Å²) in [5.41, 5.74) is -0.162. The Morgan fingerprint density at radius 2 is 2.10 bits per heavy atom. The lowest BCUT2D eigenvalue weighted by Gasteiger charge is -2.38. The number of aromatic hydroxyl groups is 1. The number of phenols is 1. The molecule has 21 heavy (non-hydrogen) atoms. The minimum atomic E-state index is -3.72. The Balaban J connectivity index is 2.21. The first-order valence-corrected chi connectivity index (χ1v) is 8.17. The molecule has 0 bridgehead atoms. The highest BCUT2D eigenvalue weighted by atomic mass is 32.2. The number of methoxy groups -OCH3 is 1. The van der Waals surface area contributed by atoms with Crippen LogP contribution in [0.25, 0.3) is 0 Å². The van der Waals surface area contributed by atoms with Gasteiger partial charge in [-0.2, -0.15) is 0 Å². The van der Waals surface area contributed by atoms with Crippen molar-refractivity contribution in [2.75, 3.05) is 13.7 Å². The number of ether oxygens (including phenoxy) is 1. The maximum atomic E-state index is 12.2. The molecule has 0 saturated heterocycles. The molecule has 0 aliphatic heterocycles. The van der Waals surface area contributed by atoms with Gasteiger partial charge < -0.3 is 9.84 Å². The fraction of sp³-hybridized carbons (Fsp3) is 0.500. The molecule has 116 valence electrons. The van der Waals surface area contributed by atoms with Gasteiger partial charge in [-0.15, -0.1) is 0 Å². The smallest absolute Gasteiger partial charge is 0.341 e. The van der Waals surface area contributed by atoms with E-state index in [1.165, 1.54) is 19.2 Å². The molecule has 0 aromatic heterocycles. The summed E-state index contributed by atoms with van der Waals surface area (Å²) >= 11 is 0. The molecule has 0 heterocycles. The van der Waals surface area contributed by atoms with E-state index in [4.69, 9.17) is 0 Å². The molecular formula is C14H19NO5S. The van der Waals surface area contributed by atoms with E-state index in [9.17, 15) is 18.3 Å². The van der Waals surface area contributed by atoms with E-state index in [0.29, 0.717) is 6.54 Å². The normalized spacial score (nSPS) is 17.0. The average molecular weight is 313 g/mol. The van der Waals surface area contributed by atoms with Gasteiger partial charge in [0.25, 0.3) is 0 Å². The van der Waals surface area contributed by atoms with Crippen molar-refractivity contribution in [2.24, 2.45) is 5.41 Å². The lowest BCUT2D eigenvalue weighted by molar-refractivity contribution is 0.0597. The van der Waals surface area contributed by atoms with Crippen molar-refractivity contribution in [1.29, 1.82) is 0 Å². The van der Waals surface area contributed by atoms with E-state index in [2.05, 4.69) is 9.46 Å². The van der Waals surface area contributed by atoms with Gasteiger partial charge in [-0.3, -0.25) is 0 Å². The Labute approximate surface area is 124 Å². The second-order valence-corrected chi connectivity index (χ2v) is 7.43. The van der Waals surface area contributed by atoms with E-state index in [-0.39, 0.29) is 21.6 Å². The zero-order valence-corrected chi connectivity index (χ0v) is 12.9. The SMILES string of the molecule is COC(=O)c1cc(S(=O)(=O)NCC2(C)CCC2)ccc1O. The Kier molecular flexibility index (Phi) is 4.25. The molecule has 1 aliphatic carbocycles. The van der Waals surface area contributed by atoms with Gasteiger partial charge >= 0.3 is 5.97 Å². The fourth-order valence-electron chi connectivity index (χ4n) is 2.27. The van der Waals surface area contributed by atoms with Gasteiger partial charge in [-0.25, -0.2) is 17.9 Å². The van der Waals surface area contributed by atoms with Gasteiger partial charge in [0.15, 0.2) is 0 Å². The topological polar surface area (TPSA) is 92.7 Å². The predicted molar refractivity (Wildman–Crippen MR) is 76.6 cm³/mol. The summed E-state index contributed by atoms with van der Waals surface area (Å²) < 4.78 is 31.6. The molecule has 1 saturated carbocycles. The van der Waals surface area contributed by atoms with Crippen LogP contribution in [0, 0.1) is 5.41 Å². The summed E-state index contributed by atoms with van der Waals surface area (Å²) in [6.07, 6.45) is 3.11. The maximum absolute atomic E-state index is 12.2. The number of carbonyl (C=O) groups excluding carboxylic acids is 1. The second-order valence-electron chi connectivity index (χ2n) is 5.66. The van der Waals surface area contributed by atoms with Gasteiger partial charge in [0.1, 0.15) is 11.3 Å². The van der Waals surface area contributed by atoms with Crippen LogP contribution < -0.4 is 4.72 Å². The van der Waals surface area contributed by atoms with E-state index in [1.54, 1.807) is 0 Å². The van der Waals surface area contributed by atoms with E-state index in [1.807, 2.05) is 6.92 Å². The minimum Gasteiger partial charge on any atom is -0.507 e. The van der Waals surface area contributed by atoms with Gasteiger partial charge in [0.2, 0.25) is 10.0 Å². The number of sulfonamides is 1. The quantitative estimate of drug-likeness (QED) is 0.806. The van der Waals surface area contributed by atoms with Crippen LogP contribution in [0.1, 0.15) is 36.5 Å². The summed E-state index contributed by atoms with van der Waals surface area (Å²) in [6.45, 7) is 2.40. The monoisotopic (exact) mass is 313 g/mol. The Morgan fingerprint density at radius 3 is 2.62 bits per heavy atom. The summed E-state index contributed by atoms with van der Waals surface area (Å²) in [4.78, 5) is 11.4. The molecule has 7 heteroatoms. The molecule has 1 aromatic rings. The number of benzene rings is 1. The third-order valence-electron chi connectivity index (χ3n) is 3.93. The zero-order chi connectivity index (χ0) is 15.7. The van der Waals surface area contributed by atoms with Gasteiger partial charge in [-0.05, 0) is 36.5 Å². The number of hydrogen-bond acceptors (Lipinski definition) is 5. The third kappa shape index (κ3) is 3.36. The first kappa shape index (κ1) is 15.8. The predicted octanol–water partition coefficient (Wildman–Crippen LogP) is 1.65. The molecule has 0 amide bonds. The number of rotatable bonds is 5. The van der Waals surface area contributed by atoms with E-state index < -0.39 is 16.0 Å². The van der Waals surface area contributed by atoms with Crippen LogP contribution in [0.3, 0.4) is 0 Å². The highest BCUT2D eigenvalue weighted by Gasteiger charge is 2.33. The molecule has 2 N–H and O–H groups in total. The molecule has 1 aromatic carbocycles. The van der Waals surface area contributed by atoms with Crippen LogP contribution in [0.4, 0.5) is 0 Å². The van der Waals surface area contributed by atoms with Crippen LogP contribution in [-0.2, 0) is 14.8 Å². The molecule has 1 fully saturated rings. The fourth-order valence-corrected chi connectivity index (χ4v) is 3.49. The lowest BCUT2D eigenvalue weighted by atomic mass is 9.71. The number of carbonyl (C=O) groups is 1. The van der Waals surface area contributed by atoms with Crippen LogP contribution in [0.15, 0.2) is 23.1 Å². The van der Waals surface area contributed by atoms with Gasteiger partial charge in [0.05, 0.1) is 12.0 Å². The van der Waals surface area contributed by atoms with Crippen molar-refractivity contribution in [1.82, 2.24) is 4.72 Å². The Hall–Kier alpha value is -1.60. The number of nitrogens with one attached hydrogen (secondary N) is 1. The molecule has 2 rings (SSSR count). The average Bonchev–Trinajstić information content (AvgIpc) is 2.42. The first-order chi connectivity index (χ1) is 9.77. The third-order valence-corrected chi connectivity index (χ3v) is 5.33. The van der Waals surface area contributed by atoms with Gasteiger partial charge in [0, 0.05) is 6.54 Å². The molecular weight excluding hydrogens is 294 g/mol.